The van der Waals surface area contributed by atoms with Crippen LogP contribution in [0.2, 0.25) is 0 Å². The average Bonchev–Trinajstić information content (AvgIpc) is 2.30. The van der Waals surface area contributed by atoms with Gasteiger partial charge in [-0.05, 0) is 42.6 Å². The van der Waals surface area contributed by atoms with Crippen molar-refractivity contribution in [2.45, 2.75) is 58.8 Å². The molecule has 0 aromatic heterocycles. The van der Waals surface area contributed by atoms with Gasteiger partial charge in [0.2, 0.25) is 0 Å². The molecule has 0 aliphatic heterocycles. The Morgan fingerprint density at radius 3 is 2.00 bits per heavy atom. The van der Waals surface area contributed by atoms with Crippen LogP contribution in [0.25, 0.3) is 0 Å². The Morgan fingerprint density at radius 2 is 1.47 bits per heavy atom. The molecule has 0 heterocycles. The van der Waals surface area contributed by atoms with Gasteiger partial charge in [0, 0.05) is 0 Å². The van der Waals surface area contributed by atoms with Crippen LogP contribution in [0.1, 0.15) is 57.6 Å². The molecule has 0 atom stereocenters. The van der Waals surface area contributed by atoms with Crippen molar-refractivity contribution in [3.63, 3.8) is 0 Å². The van der Waals surface area contributed by atoms with Gasteiger partial charge in [-0.2, -0.15) is 0 Å². The lowest BCUT2D eigenvalue weighted by molar-refractivity contribution is 0.202. The van der Waals surface area contributed by atoms with Crippen molar-refractivity contribution in [1.29, 1.82) is 0 Å². The van der Waals surface area contributed by atoms with E-state index >= 15 is 0 Å². The predicted molar refractivity (Wildman–Crippen MR) is 75.3 cm³/mol. The number of hydrogen-bond donors (Lipinski definition) is 0. The van der Waals surface area contributed by atoms with Gasteiger partial charge in [0.05, 0.1) is 0 Å². The molecule has 0 heteroatoms. The van der Waals surface area contributed by atoms with Gasteiger partial charge >= 0.3 is 0 Å². The van der Waals surface area contributed by atoms with E-state index in [1.807, 2.05) is 0 Å². The Balaban J connectivity index is 2.15. The highest BCUT2D eigenvalue weighted by Crippen LogP contribution is 2.42. The smallest absolute Gasteiger partial charge is 0.00753 e. The summed E-state index contributed by atoms with van der Waals surface area (Å²) in [5.74, 6) is 1.81. The first kappa shape index (κ1) is 12.7. The summed E-state index contributed by atoms with van der Waals surface area (Å²) >= 11 is 0. The van der Waals surface area contributed by atoms with Crippen LogP contribution in [0, 0.1) is 18.8 Å². The van der Waals surface area contributed by atoms with Gasteiger partial charge in [0.15, 0.2) is 0 Å². The van der Waals surface area contributed by atoms with Crippen LogP contribution in [0.5, 0.6) is 0 Å². The molecule has 0 amide bonds. The standard InChI is InChI=1S/C17H26/c1-13-5-9-15(10-6-13)17(3,4)16-11-7-14(2)8-12-16/h5-6,9-10,14,16H,7-8,11-12H2,1-4H3. The van der Waals surface area contributed by atoms with Crippen molar-refractivity contribution in [2.75, 3.05) is 0 Å². The van der Waals surface area contributed by atoms with Crippen LogP contribution in [0.3, 0.4) is 0 Å². The summed E-state index contributed by atoms with van der Waals surface area (Å²) in [6.07, 6.45) is 5.64. The van der Waals surface area contributed by atoms with E-state index < -0.39 is 0 Å². The van der Waals surface area contributed by atoms with Gasteiger partial charge in [0.1, 0.15) is 0 Å². The molecule has 0 spiro atoms. The molecule has 0 nitrogen and oxygen atoms in total. The number of benzene rings is 1. The van der Waals surface area contributed by atoms with Crippen molar-refractivity contribution < 1.29 is 0 Å². The highest BCUT2D eigenvalue weighted by atomic mass is 14.4. The minimum absolute atomic E-state index is 0.341. The largest absolute Gasteiger partial charge is 0.0625 e. The van der Waals surface area contributed by atoms with E-state index in [1.165, 1.54) is 36.8 Å². The summed E-state index contributed by atoms with van der Waals surface area (Å²) in [6.45, 7) is 9.42. The Kier molecular flexibility index (Phi) is 3.61. The number of aryl methyl sites for hydroxylation is 1. The van der Waals surface area contributed by atoms with Gasteiger partial charge in [-0.3, -0.25) is 0 Å². The maximum absolute atomic E-state index is 2.43. The fraction of sp³-hybridized carbons (Fsp3) is 0.647. The number of rotatable bonds is 2. The van der Waals surface area contributed by atoms with E-state index in [2.05, 4.69) is 52.0 Å². The van der Waals surface area contributed by atoms with Crippen LogP contribution < -0.4 is 0 Å². The highest BCUT2D eigenvalue weighted by Gasteiger charge is 2.33. The molecule has 1 aliphatic carbocycles. The maximum atomic E-state index is 2.43. The lowest BCUT2D eigenvalue weighted by Crippen LogP contribution is -2.31. The second kappa shape index (κ2) is 4.84. The first-order valence-corrected chi connectivity index (χ1v) is 7.07. The molecular weight excluding hydrogens is 204 g/mol. The molecule has 0 saturated heterocycles. The predicted octanol–water partition coefficient (Wildman–Crippen LogP) is 5.10. The van der Waals surface area contributed by atoms with E-state index in [0.717, 1.165) is 11.8 Å². The Bertz CT molecular complexity index is 350. The van der Waals surface area contributed by atoms with E-state index in [1.54, 1.807) is 0 Å². The van der Waals surface area contributed by atoms with E-state index in [0.29, 0.717) is 5.41 Å². The third-order valence-electron chi connectivity index (χ3n) is 4.83. The molecule has 0 bridgehead atoms. The molecular formula is C17H26. The molecule has 1 aliphatic rings. The second-order valence-electron chi connectivity index (χ2n) is 6.54. The summed E-state index contributed by atoms with van der Waals surface area (Å²) in [5, 5.41) is 0. The quantitative estimate of drug-likeness (QED) is 0.663. The van der Waals surface area contributed by atoms with E-state index in [-0.39, 0.29) is 0 Å². The second-order valence-corrected chi connectivity index (χ2v) is 6.54. The number of hydrogen-bond acceptors (Lipinski definition) is 0. The molecule has 1 aromatic rings. The van der Waals surface area contributed by atoms with Crippen LogP contribution in [0.15, 0.2) is 24.3 Å². The first-order valence-electron chi connectivity index (χ1n) is 7.07. The lowest BCUT2D eigenvalue weighted by atomic mass is 9.66. The fourth-order valence-electron chi connectivity index (χ4n) is 3.20. The van der Waals surface area contributed by atoms with Crippen LogP contribution in [-0.4, -0.2) is 0 Å². The molecule has 17 heavy (non-hydrogen) atoms. The Hall–Kier alpha value is -0.780. The average molecular weight is 230 g/mol. The first-order chi connectivity index (χ1) is 8.00. The molecule has 1 fully saturated rings. The molecule has 2 rings (SSSR count). The van der Waals surface area contributed by atoms with Crippen molar-refractivity contribution in [3.8, 4) is 0 Å². The molecule has 0 radical (unpaired) electrons. The molecule has 0 unspecified atom stereocenters. The molecule has 94 valence electrons. The summed E-state index contributed by atoms with van der Waals surface area (Å²) in [7, 11) is 0. The maximum Gasteiger partial charge on any atom is -0.00753 e. The summed E-state index contributed by atoms with van der Waals surface area (Å²) in [4.78, 5) is 0. The minimum Gasteiger partial charge on any atom is -0.0625 e. The third kappa shape index (κ3) is 2.73. The minimum atomic E-state index is 0.341. The van der Waals surface area contributed by atoms with Crippen molar-refractivity contribution >= 4 is 0 Å². The monoisotopic (exact) mass is 230 g/mol. The van der Waals surface area contributed by atoms with Crippen LogP contribution in [-0.2, 0) is 5.41 Å². The topological polar surface area (TPSA) is 0 Å². The van der Waals surface area contributed by atoms with E-state index in [4.69, 9.17) is 0 Å². The summed E-state index contributed by atoms with van der Waals surface area (Å²) in [5.41, 5.74) is 3.22. The molecule has 0 N–H and O–H groups in total. The van der Waals surface area contributed by atoms with Crippen LogP contribution in [0.4, 0.5) is 0 Å². The van der Waals surface area contributed by atoms with Gasteiger partial charge in [-0.15, -0.1) is 0 Å². The summed E-state index contributed by atoms with van der Waals surface area (Å²) in [6, 6.07) is 9.16. The summed E-state index contributed by atoms with van der Waals surface area (Å²) < 4.78 is 0. The van der Waals surface area contributed by atoms with Crippen molar-refractivity contribution in [1.82, 2.24) is 0 Å². The normalized spacial score (nSPS) is 25.9. The van der Waals surface area contributed by atoms with Gasteiger partial charge in [-0.25, -0.2) is 0 Å². The highest BCUT2D eigenvalue weighted by molar-refractivity contribution is 5.28. The Morgan fingerprint density at radius 1 is 0.941 bits per heavy atom. The Labute approximate surface area is 106 Å². The molecule has 1 saturated carbocycles. The van der Waals surface area contributed by atoms with Crippen LogP contribution >= 0.6 is 0 Å². The van der Waals surface area contributed by atoms with Gasteiger partial charge < -0.3 is 0 Å². The third-order valence-corrected chi connectivity index (χ3v) is 4.83. The van der Waals surface area contributed by atoms with Gasteiger partial charge in [0.25, 0.3) is 0 Å². The van der Waals surface area contributed by atoms with Crippen molar-refractivity contribution in [3.05, 3.63) is 35.4 Å². The van der Waals surface area contributed by atoms with E-state index in [9.17, 15) is 0 Å². The molecule has 1 aromatic carbocycles. The zero-order chi connectivity index (χ0) is 12.5. The SMILES string of the molecule is Cc1ccc(C(C)(C)C2CCC(C)CC2)cc1. The zero-order valence-electron chi connectivity index (χ0n) is 11.8. The fourth-order valence-corrected chi connectivity index (χ4v) is 3.20. The lowest BCUT2D eigenvalue weighted by Gasteiger charge is -2.39. The van der Waals surface area contributed by atoms with Crippen molar-refractivity contribution in [2.24, 2.45) is 11.8 Å². The van der Waals surface area contributed by atoms with Gasteiger partial charge in [-0.1, -0.05) is 63.4 Å². The zero-order valence-corrected chi connectivity index (χ0v) is 11.8.